The van der Waals surface area contributed by atoms with Crippen molar-refractivity contribution in [3.05, 3.63) is 53.1 Å². The summed E-state index contributed by atoms with van der Waals surface area (Å²) >= 11 is 6.37. The van der Waals surface area contributed by atoms with E-state index in [0.29, 0.717) is 12.3 Å². The van der Waals surface area contributed by atoms with Gasteiger partial charge >= 0.3 is 0 Å². The van der Waals surface area contributed by atoms with E-state index in [0.717, 1.165) is 56.3 Å². The zero-order valence-electron chi connectivity index (χ0n) is 15.7. The highest BCUT2D eigenvalue weighted by molar-refractivity contribution is 6.31. The minimum Gasteiger partial charge on any atom is -0.348 e. The number of imidazole rings is 1. The van der Waals surface area contributed by atoms with Crippen molar-refractivity contribution in [2.75, 3.05) is 26.2 Å². The lowest BCUT2D eigenvalue weighted by Gasteiger charge is -2.48. The van der Waals surface area contributed by atoms with E-state index in [1.807, 2.05) is 18.3 Å². The van der Waals surface area contributed by atoms with Crippen molar-refractivity contribution in [2.24, 2.45) is 5.41 Å². The van der Waals surface area contributed by atoms with Crippen molar-refractivity contribution < 1.29 is 4.79 Å². The Morgan fingerprint density at radius 3 is 2.93 bits per heavy atom. The molecule has 6 heteroatoms. The standard InChI is InChI=1S/C21H27ClN4O/c22-19-5-2-1-4-17(19)13-25-10-3-8-21(14-25)9-6-20(27)26(15-21)11-7-18-12-23-16-24-18/h1-2,4-5,12,16H,3,6-11,13-15H2,(H,23,24). The molecule has 27 heavy (non-hydrogen) atoms. The number of carbonyl (C=O) groups excluding carboxylic acids is 1. The van der Waals surface area contributed by atoms with E-state index in [9.17, 15) is 4.79 Å². The van der Waals surface area contributed by atoms with Crippen LogP contribution in [0.3, 0.4) is 0 Å². The van der Waals surface area contributed by atoms with Crippen LogP contribution < -0.4 is 0 Å². The molecule has 2 aliphatic heterocycles. The lowest BCUT2D eigenvalue weighted by Crippen LogP contribution is -2.54. The first kappa shape index (κ1) is 18.5. The van der Waals surface area contributed by atoms with Gasteiger partial charge in [-0.3, -0.25) is 9.69 Å². The number of aromatic nitrogens is 2. The summed E-state index contributed by atoms with van der Waals surface area (Å²) in [6.45, 7) is 4.69. The second-order valence-corrected chi connectivity index (χ2v) is 8.45. The van der Waals surface area contributed by atoms with Gasteiger partial charge in [-0.15, -0.1) is 0 Å². The molecule has 2 fully saturated rings. The Bertz CT molecular complexity index is 778. The Morgan fingerprint density at radius 1 is 1.22 bits per heavy atom. The van der Waals surface area contributed by atoms with Gasteiger partial charge in [0, 0.05) is 61.3 Å². The molecule has 2 saturated heterocycles. The third-order valence-corrected chi connectivity index (χ3v) is 6.42. The summed E-state index contributed by atoms with van der Waals surface area (Å²) in [5, 5.41) is 0.845. The molecule has 4 rings (SSSR count). The Morgan fingerprint density at radius 2 is 2.11 bits per heavy atom. The molecule has 1 aromatic heterocycles. The summed E-state index contributed by atoms with van der Waals surface area (Å²) in [5.41, 5.74) is 2.51. The van der Waals surface area contributed by atoms with Gasteiger partial charge in [-0.1, -0.05) is 29.8 Å². The van der Waals surface area contributed by atoms with Gasteiger partial charge in [-0.25, -0.2) is 4.98 Å². The Balaban J connectivity index is 1.40. The van der Waals surface area contributed by atoms with Gasteiger partial charge in [0.15, 0.2) is 0 Å². The average Bonchev–Trinajstić information content (AvgIpc) is 3.19. The molecule has 1 amide bonds. The maximum atomic E-state index is 12.5. The molecule has 144 valence electrons. The van der Waals surface area contributed by atoms with Crippen molar-refractivity contribution >= 4 is 17.5 Å². The van der Waals surface area contributed by atoms with Gasteiger partial charge in [-0.05, 0) is 37.4 Å². The number of nitrogens with one attached hydrogen (secondary N) is 1. The maximum absolute atomic E-state index is 12.5. The van der Waals surface area contributed by atoms with Crippen LogP contribution in [0, 0.1) is 5.41 Å². The number of hydrogen-bond donors (Lipinski definition) is 1. The predicted octanol–water partition coefficient (Wildman–Crippen LogP) is 3.51. The number of halogens is 1. The van der Waals surface area contributed by atoms with Crippen LogP contribution >= 0.6 is 11.6 Å². The first-order valence-corrected chi connectivity index (χ1v) is 10.2. The summed E-state index contributed by atoms with van der Waals surface area (Å²) < 4.78 is 0. The fourth-order valence-corrected chi connectivity index (χ4v) is 4.82. The number of likely N-dealkylation sites (tertiary alicyclic amines) is 2. The highest BCUT2D eigenvalue weighted by Crippen LogP contribution is 2.39. The van der Waals surface area contributed by atoms with Crippen LogP contribution in [0.4, 0.5) is 0 Å². The molecule has 0 bridgehead atoms. The second-order valence-electron chi connectivity index (χ2n) is 8.05. The number of hydrogen-bond acceptors (Lipinski definition) is 3. The monoisotopic (exact) mass is 386 g/mol. The van der Waals surface area contributed by atoms with E-state index in [4.69, 9.17) is 11.6 Å². The quantitative estimate of drug-likeness (QED) is 0.855. The average molecular weight is 387 g/mol. The summed E-state index contributed by atoms with van der Waals surface area (Å²) in [7, 11) is 0. The van der Waals surface area contributed by atoms with E-state index in [2.05, 4.69) is 31.9 Å². The molecule has 1 atom stereocenters. The van der Waals surface area contributed by atoms with Gasteiger partial charge < -0.3 is 9.88 Å². The minimum absolute atomic E-state index is 0.224. The molecule has 0 saturated carbocycles. The Labute approximate surface area is 165 Å². The van der Waals surface area contributed by atoms with Crippen molar-refractivity contribution in [1.82, 2.24) is 19.8 Å². The number of nitrogens with zero attached hydrogens (tertiary/aromatic N) is 3. The molecule has 0 aliphatic carbocycles. The molecule has 2 aromatic rings. The lowest BCUT2D eigenvalue weighted by molar-refractivity contribution is -0.139. The number of benzene rings is 1. The van der Waals surface area contributed by atoms with Gasteiger partial charge in [0.1, 0.15) is 0 Å². The van der Waals surface area contributed by atoms with Crippen molar-refractivity contribution in [1.29, 1.82) is 0 Å². The molecule has 0 radical (unpaired) electrons. The van der Waals surface area contributed by atoms with Crippen molar-refractivity contribution in [2.45, 2.75) is 38.6 Å². The minimum atomic E-state index is 0.224. The van der Waals surface area contributed by atoms with Gasteiger partial charge in [-0.2, -0.15) is 0 Å². The maximum Gasteiger partial charge on any atom is 0.222 e. The van der Waals surface area contributed by atoms with E-state index in [-0.39, 0.29) is 5.41 Å². The van der Waals surface area contributed by atoms with Crippen molar-refractivity contribution in [3.8, 4) is 0 Å². The molecule has 1 N–H and O–H groups in total. The van der Waals surface area contributed by atoms with Gasteiger partial charge in [0.2, 0.25) is 5.91 Å². The van der Waals surface area contributed by atoms with Gasteiger partial charge in [0.05, 0.1) is 6.33 Å². The van der Waals surface area contributed by atoms with E-state index >= 15 is 0 Å². The van der Waals surface area contributed by atoms with Crippen LogP contribution in [0.2, 0.25) is 5.02 Å². The number of H-pyrrole nitrogens is 1. The smallest absolute Gasteiger partial charge is 0.222 e. The number of rotatable bonds is 5. The first-order chi connectivity index (χ1) is 13.1. The topological polar surface area (TPSA) is 52.2 Å². The number of aromatic amines is 1. The summed E-state index contributed by atoms with van der Waals surface area (Å²) in [5.74, 6) is 0.295. The van der Waals surface area contributed by atoms with Crippen LogP contribution in [0.25, 0.3) is 0 Å². The Hall–Kier alpha value is -1.85. The van der Waals surface area contributed by atoms with E-state index in [1.54, 1.807) is 6.33 Å². The van der Waals surface area contributed by atoms with Crippen LogP contribution in [0.5, 0.6) is 0 Å². The van der Waals surface area contributed by atoms with Crippen LogP contribution in [0.1, 0.15) is 36.9 Å². The van der Waals surface area contributed by atoms with E-state index in [1.165, 1.54) is 18.4 Å². The third-order valence-electron chi connectivity index (χ3n) is 6.05. The SMILES string of the molecule is O=C1CCC2(CCCN(Cc3ccccc3Cl)C2)CN1CCc1cnc[nH]1. The summed E-state index contributed by atoms with van der Waals surface area (Å²) in [4.78, 5) is 24.3. The largest absolute Gasteiger partial charge is 0.348 e. The number of piperidine rings is 2. The fourth-order valence-electron chi connectivity index (χ4n) is 4.63. The third kappa shape index (κ3) is 4.36. The zero-order chi connectivity index (χ0) is 18.7. The molecular weight excluding hydrogens is 360 g/mol. The molecule has 1 aromatic carbocycles. The summed E-state index contributed by atoms with van der Waals surface area (Å²) in [6, 6.07) is 8.11. The van der Waals surface area contributed by atoms with Gasteiger partial charge in [0.25, 0.3) is 0 Å². The van der Waals surface area contributed by atoms with E-state index < -0.39 is 0 Å². The zero-order valence-corrected chi connectivity index (χ0v) is 16.4. The molecule has 3 heterocycles. The fraction of sp³-hybridized carbons (Fsp3) is 0.524. The molecule has 5 nitrogen and oxygen atoms in total. The van der Waals surface area contributed by atoms with Crippen LogP contribution in [0.15, 0.2) is 36.8 Å². The van der Waals surface area contributed by atoms with Crippen LogP contribution in [-0.4, -0.2) is 51.9 Å². The highest BCUT2D eigenvalue weighted by atomic mass is 35.5. The normalized spacial score (nSPS) is 23.9. The van der Waals surface area contributed by atoms with Crippen molar-refractivity contribution in [3.63, 3.8) is 0 Å². The molecule has 1 spiro atoms. The molecule has 2 aliphatic rings. The lowest BCUT2D eigenvalue weighted by atomic mass is 9.73. The molecular formula is C21H27ClN4O. The number of carbonyl (C=O) groups is 1. The highest BCUT2D eigenvalue weighted by Gasteiger charge is 2.41. The predicted molar refractivity (Wildman–Crippen MR) is 107 cm³/mol. The number of amides is 1. The second kappa shape index (κ2) is 8.03. The molecule has 1 unspecified atom stereocenters. The summed E-state index contributed by atoms with van der Waals surface area (Å²) in [6.07, 6.45) is 8.45. The van der Waals surface area contributed by atoms with Crippen LogP contribution in [-0.2, 0) is 17.8 Å². The Kier molecular flexibility index (Phi) is 5.50. The first-order valence-electron chi connectivity index (χ1n) is 9.84.